The maximum atomic E-state index is 12.5. The first-order chi connectivity index (χ1) is 32.2. The molecule has 0 fully saturated rings. The summed E-state index contributed by atoms with van der Waals surface area (Å²) in [5, 5.41) is 23.1. The monoisotopic (exact) mass is 910 g/mol. The lowest BCUT2D eigenvalue weighted by atomic mass is 10.0. The quantitative estimate of drug-likeness (QED) is 0.0421. The van der Waals surface area contributed by atoms with Crippen LogP contribution in [-0.4, -0.2) is 34.9 Å². The van der Waals surface area contributed by atoms with Crippen LogP contribution in [0.2, 0.25) is 0 Å². The summed E-state index contributed by atoms with van der Waals surface area (Å²) in [5.41, 5.74) is 0. The summed E-state index contributed by atoms with van der Waals surface area (Å²) in [6.45, 7) is 4.31. The van der Waals surface area contributed by atoms with E-state index in [-0.39, 0.29) is 12.5 Å². The average molecular weight is 911 g/mol. The molecule has 0 saturated heterocycles. The number of aliphatic hydroxyl groups is 2. The largest absolute Gasteiger partial charge is 0.394 e. The van der Waals surface area contributed by atoms with E-state index in [9.17, 15) is 15.0 Å². The molecule has 382 valence electrons. The Morgan fingerprint density at radius 3 is 0.985 bits per heavy atom. The first kappa shape index (κ1) is 63.4. The highest BCUT2D eigenvalue weighted by Crippen LogP contribution is 2.17. The normalized spacial score (nSPS) is 13.1. The average Bonchev–Trinajstić information content (AvgIpc) is 3.31. The third-order valence-corrected chi connectivity index (χ3v) is 13.5. The van der Waals surface area contributed by atoms with Crippen LogP contribution >= 0.6 is 0 Å². The van der Waals surface area contributed by atoms with Gasteiger partial charge in [-0.2, -0.15) is 0 Å². The van der Waals surface area contributed by atoms with E-state index in [1.165, 1.54) is 257 Å². The number of hydrogen-bond acceptors (Lipinski definition) is 3. The Morgan fingerprint density at radius 2 is 0.646 bits per heavy atom. The van der Waals surface area contributed by atoms with Gasteiger partial charge >= 0.3 is 0 Å². The van der Waals surface area contributed by atoms with Crippen LogP contribution in [0.15, 0.2) is 48.6 Å². The third-order valence-electron chi connectivity index (χ3n) is 13.5. The van der Waals surface area contributed by atoms with E-state index in [1.54, 1.807) is 6.08 Å². The molecule has 0 bridgehead atoms. The molecule has 0 radical (unpaired) electrons. The molecule has 0 aromatic carbocycles. The summed E-state index contributed by atoms with van der Waals surface area (Å²) < 4.78 is 0. The topological polar surface area (TPSA) is 69.6 Å². The third kappa shape index (κ3) is 53.2. The molecular weight excluding hydrogens is 795 g/mol. The Kier molecular flexibility index (Phi) is 55.2. The van der Waals surface area contributed by atoms with Crippen molar-refractivity contribution >= 4 is 5.91 Å². The zero-order valence-electron chi connectivity index (χ0n) is 44.0. The molecule has 0 aromatic heterocycles. The predicted octanol–water partition coefficient (Wildman–Crippen LogP) is 19.4. The highest BCUT2D eigenvalue weighted by molar-refractivity contribution is 5.76. The maximum Gasteiger partial charge on any atom is 0.220 e. The lowest BCUT2D eigenvalue weighted by molar-refractivity contribution is -0.123. The van der Waals surface area contributed by atoms with E-state index in [1.807, 2.05) is 6.08 Å². The fourth-order valence-electron chi connectivity index (χ4n) is 9.05. The van der Waals surface area contributed by atoms with Gasteiger partial charge in [0.25, 0.3) is 0 Å². The number of nitrogens with one attached hydrogen (secondary N) is 1. The summed E-state index contributed by atoms with van der Waals surface area (Å²) >= 11 is 0. The highest BCUT2D eigenvalue weighted by Gasteiger charge is 2.18. The molecule has 0 spiro atoms. The fourth-order valence-corrected chi connectivity index (χ4v) is 9.05. The maximum absolute atomic E-state index is 12.5. The molecule has 0 rings (SSSR count). The van der Waals surface area contributed by atoms with E-state index in [4.69, 9.17) is 0 Å². The number of carbonyl (C=O) groups excluding carboxylic acids is 1. The van der Waals surface area contributed by atoms with Crippen LogP contribution in [-0.2, 0) is 4.79 Å². The minimum absolute atomic E-state index is 0.0688. The SMILES string of the molecule is CCCCCCC/C=C\C/C=C\CCCCCCCCCCCCCCCCCCCCCCCCCC(=O)NC(CO)C(O)/C=C/CC/C=C/CCCCCCCCCCCCCC. The molecule has 0 aromatic rings. The molecule has 4 heteroatoms. The van der Waals surface area contributed by atoms with Crippen molar-refractivity contribution in [1.82, 2.24) is 5.32 Å². The van der Waals surface area contributed by atoms with Gasteiger partial charge in [-0.1, -0.05) is 294 Å². The van der Waals surface area contributed by atoms with Gasteiger partial charge in [0.1, 0.15) is 0 Å². The van der Waals surface area contributed by atoms with E-state index >= 15 is 0 Å². The highest BCUT2D eigenvalue weighted by atomic mass is 16.3. The Balaban J connectivity index is 3.45. The van der Waals surface area contributed by atoms with Crippen LogP contribution in [0.25, 0.3) is 0 Å². The Labute approximate surface area is 407 Å². The van der Waals surface area contributed by atoms with E-state index in [0.717, 1.165) is 38.5 Å². The molecule has 0 heterocycles. The molecular formula is C61H115NO3. The minimum Gasteiger partial charge on any atom is -0.394 e. The molecule has 1 amide bonds. The number of unbranched alkanes of at least 4 members (excludes halogenated alkanes) is 41. The standard InChI is InChI=1S/C61H115NO3/c1-3-5-7-9-11-13-15-17-19-21-23-24-25-26-27-28-29-30-31-32-33-34-35-36-37-38-39-41-43-45-47-49-51-53-55-57-61(65)62-59(58-63)60(64)56-54-52-50-48-46-44-42-40-22-20-18-16-14-12-10-8-6-4-2/h15,17,21,23,46,48,54,56,59-60,63-64H,3-14,16,18-20,22,24-45,47,49-53,55,57-58H2,1-2H3,(H,62,65)/b17-15-,23-21-,48-46+,56-54+. The van der Waals surface area contributed by atoms with Gasteiger partial charge in [-0.3, -0.25) is 4.79 Å². The molecule has 3 N–H and O–H groups in total. The van der Waals surface area contributed by atoms with Crippen molar-refractivity contribution in [3.8, 4) is 0 Å². The molecule has 2 unspecified atom stereocenters. The van der Waals surface area contributed by atoms with Crippen molar-refractivity contribution in [2.45, 2.75) is 328 Å². The van der Waals surface area contributed by atoms with Crippen molar-refractivity contribution < 1.29 is 15.0 Å². The van der Waals surface area contributed by atoms with Crippen molar-refractivity contribution in [2.75, 3.05) is 6.61 Å². The predicted molar refractivity (Wildman–Crippen MR) is 290 cm³/mol. The van der Waals surface area contributed by atoms with E-state index < -0.39 is 12.1 Å². The molecule has 2 atom stereocenters. The first-order valence-corrected chi connectivity index (χ1v) is 29.4. The fraction of sp³-hybridized carbons (Fsp3) is 0.852. The summed E-state index contributed by atoms with van der Waals surface area (Å²) in [4.78, 5) is 12.5. The van der Waals surface area contributed by atoms with Gasteiger partial charge < -0.3 is 15.5 Å². The number of hydrogen-bond donors (Lipinski definition) is 3. The molecule has 4 nitrogen and oxygen atoms in total. The lowest BCUT2D eigenvalue weighted by Crippen LogP contribution is -2.45. The van der Waals surface area contributed by atoms with Gasteiger partial charge in [0.15, 0.2) is 0 Å². The van der Waals surface area contributed by atoms with Crippen LogP contribution in [0, 0.1) is 0 Å². The van der Waals surface area contributed by atoms with Crippen LogP contribution in [0.4, 0.5) is 0 Å². The molecule has 65 heavy (non-hydrogen) atoms. The van der Waals surface area contributed by atoms with Crippen LogP contribution in [0.5, 0.6) is 0 Å². The second-order valence-electron chi connectivity index (χ2n) is 20.1. The van der Waals surface area contributed by atoms with E-state index in [2.05, 4.69) is 55.6 Å². The van der Waals surface area contributed by atoms with Crippen LogP contribution < -0.4 is 5.32 Å². The van der Waals surface area contributed by atoms with Gasteiger partial charge in [-0.25, -0.2) is 0 Å². The van der Waals surface area contributed by atoms with Gasteiger partial charge in [0.2, 0.25) is 5.91 Å². The number of amides is 1. The number of rotatable bonds is 54. The summed E-state index contributed by atoms with van der Waals surface area (Å²) in [7, 11) is 0. The van der Waals surface area contributed by atoms with Gasteiger partial charge in [-0.15, -0.1) is 0 Å². The smallest absolute Gasteiger partial charge is 0.220 e. The lowest BCUT2D eigenvalue weighted by Gasteiger charge is -2.19. The summed E-state index contributed by atoms with van der Waals surface area (Å²) in [6.07, 6.45) is 78.6. The Morgan fingerprint density at radius 1 is 0.369 bits per heavy atom. The molecule has 0 saturated carbocycles. The number of aliphatic hydroxyl groups excluding tert-OH is 2. The van der Waals surface area contributed by atoms with Crippen molar-refractivity contribution in [2.24, 2.45) is 0 Å². The summed E-state index contributed by atoms with van der Waals surface area (Å²) in [6, 6.07) is -0.638. The number of carbonyl (C=O) groups is 1. The molecule has 0 aliphatic carbocycles. The molecule has 0 aliphatic rings. The Bertz CT molecular complexity index is 1030. The summed E-state index contributed by atoms with van der Waals surface area (Å²) in [5.74, 6) is -0.0688. The van der Waals surface area contributed by atoms with Crippen molar-refractivity contribution in [3.63, 3.8) is 0 Å². The van der Waals surface area contributed by atoms with Crippen molar-refractivity contribution in [1.29, 1.82) is 0 Å². The van der Waals surface area contributed by atoms with Crippen LogP contribution in [0.1, 0.15) is 316 Å². The second-order valence-corrected chi connectivity index (χ2v) is 20.1. The zero-order valence-corrected chi connectivity index (χ0v) is 44.0. The number of allylic oxidation sites excluding steroid dienone is 7. The van der Waals surface area contributed by atoms with Crippen LogP contribution in [0.3, 0.4) is 0 Å². The van der Waals surface area contributed by atoms with E-state index in [0.29, 0.717) is 6.42 Å². The minimum atomic E-state index is -0.861. The van der Waals surface area contributed by atoms with Crippen molar-refractivity contribution in [3.05, 3.63) is 48.6 Å². The van der Waals surface area contributed by atoms with Gasteiger partial charge in [0, 0.05) is 6.42 Å². The first-order valence-electron chi connectivity index (χ1n) is 29.4. The van der Waals surface area contributed by atoms with Gasteiger partial charge in [-0.05, 0) is 64.2 Å². The Hall–Kier alpha value is -1.65. The zero-order chi connectivity index (χ0) is 47.0. The molecule has 0 aliphatic heterocycles. The second kappa shape index (κ2) is 56.7. The van der Waals surface area contributed by atoms with Gasteiger partial charge in [0.05, 0.1) is 18.8 Å².